The molecule has 1 amide bonds. The topological polar surface area (TPSA) is 117 Å². The lowest BCUT2D eigenvalue weighted by Crippen LogP contribution is -2.26. The number of aromatic nitrogens is 3. The summed E-state index contributed by atoms with van der Waals surface area (Å²) in [6.45, 7) is 0.459. The van der Waals surface area contributed by atoms with Gasteiger partial charge in [-0.3, -0.25) is 19.6 Å². The van der Waals surface area contributed by atoms with Gasteiger partial charge in [0.25, 0.3) is 5.91 Å². The summed E-state index contributed by atoms with van der Waals surface area (Å²) in [7, 11) is -3.44. The Bertz CT molecular complexity index is 1370. The molecule has 4 aromatic rings. The molecule has 4 rings (SSSR count). The molecule has 0 radical (unpaired) electrons. The van der Waals surface area contributed by atoms with E-state index in [1.165, 1.54) is 0 Å². The minimum absolute atomic E-state index is 0.203. The zero-order valence-corrected chi connectivity index (χ0v) is 18.8. The first-order chi connectivity index (χ1) is 15.9. The average Bonchev–Trinajstić information content (AvgIpc) is 3.29. The molecule has 168 valence electrons. The van der Waals surface area contributed by atoms with Crippen molar-refractivity contribution in [2.24, 2.45) is 0 Å². The molecular formula is C24H23N5O3S. The van der Waals surface area contributed by atoms with Gasteiger partial charge in [-0.15, -0.1) is 0 Å². The smallest absolute Gasteiger partial charge is 0.251 e. The predicted octanol–water partition coefficient (Wildman–Crippen LogP) is 3.48. The molecule has 0 bridgehead atoms. The molecule has 0 aliphatic carbocycles. The molecule has 0 spiro atoms. The maximum atomic E-state index is 12.9. The molecule has 0 saturated carbocycles. The molecule has 0 fully saturated rings. The van der Waals surface area contributed by atoms with Crippen molar-refractivity contribution in [3.8, 4) is 22.5 Å². The van der Waals surface area contributed by atoms with Gasteiger partial charge in [0, 0.05) is 41.5 Å². The largest absolute Gasteiger partial charge is 0.352 e. The summed E-state index contributed by atoms with van der Waals surface area (Å²) in [5.41, 5.74) is 4.37. The Morgan fingerprint density at radius 2 is 1.70 bits per heavy atom. The first-order valence-electron chi connectivity index (χ1n) is 10.3. The molecule has 9 heteroatoms. The second-order valence-electron chi connectivity index (χ2n) is 7.46. The Balaban J connectivity index is 1.56. The molecule has 0 saturated heterocycles. The fraction of sp³-hybridized carbons (Fsp3) is 0.125. The van der Waals surface area contributed by atoms with Crippen LogP contribution < -0.4 is 10.0 Å². The number of sulfonamides is 1. The Morgan fingerprint density at radius 3 is 2.45 bits per heavy atom. The van der Waals surface area contributed by atoms with Crippen LogP contribution >= 0.6 is 0 Å². The Labute approximate surface area is 192 Å². The van der Waals surface area contributed by atoms with E-state index in [4.69, 9.17) is 0 Å². The summed E-state index contributed by atoms with van der Waals surface area (Å²) in [6.07, 6.45) is 3.46. The van der Waals surface area contributed by atoms with Crippen molar-refractivity contribution in [1.82, 2.24) is 20.5 Å². The monoisotopic (exact) mass is 461 g/mol. The van der Waals surface area contributed by atoms with Crippen LogP contribution in [0.4, 0.5) is 5.69 Å². The van der Waals surface area contributed by atoms with Gasteiger partial charge in [-0.25, -0.2) is 8.42 Å². The molecule has 0 aliphatic rings. The normalized spacial score (nSPS) is 11.2. The summed E-state index contributed by atoms with van der Waals surface area (Å²) >= 11 is 0. The van der Waals surface area contributed by atoms with Crippen LogP contribution in [0, 0.1) is 0 Å². The molecule has 0 unspecified atom stereocenters. The number of amides is 1. The van der Waals surface area contributed by atoms with Crippen LogP contribution in [-0.2, 0) is 16.4 Å². The van der Waals surface area contributed by atoms with Gasteiger partial charge < -0.3 is 5.32 Å². The van der Waals surface area contributed by atoms with Crippen molar-refractivity contribution in [3.63, 3.8) is 0 Å². The number of rotatable bonds is 8. The van der Waals surface area contributed by atoms with Crippen LogP contribution in [0.25, 0.3) is 22.5 Å². The Hall–Kier alpha value is -3.98. The van der Waals surface area contributed by atoms with E-state index in [2.05, 4.69) is 25.2 Å². The third kappa shape index (κ3) is 5.64. The van der Waals surface area contributed by atoms with E-state index in [1.807, 2.05) is 36.4 Å². The van der Waals surface area contributed by atoms with Crippen molar-refractivity contribution in [2.45, 2.75) is 6.42 Å². The molecule has 2 heterocycles. The molecule has 2 aromatic carbocycles. The molecule has 2 aromatic heterocycles. The third-order valence-electron chi connectivity index (χ3n) is 4.93. The minimum Gasteiger partial charge on any atom is -0.352 e. The predicted molar refractivity (Wildman–Crippen MR) is 128 cm³/mol. The van der Waals surface area contributed by atoms with Crippen LogP contribution in [0.5, 0.6) is 0 Å². The number of carbonyl (C=O) groups is 1. The number of hydrogen-bond acceptors (Lipinski definition) is 5. The Kier molecular flexibility index (Phi) is 6.50. The number of benzene rings is 2. The molecule has 3 N–H and O–H groups in total. The number of pyridine rings is 1. The fourth-order valence-electron chi connectivity index (χ4n) is 3.45. The number of anilines is 1. The second kappa shape index (κ2) is 9.66. The van der Waals surface area contributed by atoms with E-state index < -0.39 is 10.0 Å². The number of hydrogen-bond donors (Lipinski definition) is 3. The summed E-state index contributed by atoms with van der Waals surface area (Å²) in [5, 5.41) is 10.3. The molecule has 0 atom stereocenters. The Morgan fingerprint density at radius 1 is 0.970 bits per heavy atom. The maximum Gasteiger partial charge on any atom is 0.251 e. The van der Waals surface area contributed by atoms with Crippen molar-refractivity contribution in [2.75, 3.05) is 17.5 Å². The van der Waals surface area contributed by atoms with Gasteiger partial charge in [0.15, 0.2) is 0 Å². The van der Waals surface area contributed by atoms with Crippen LogP contribution in [0.3, 0.4) is 0 Å². The zero-order valence-electron chi connectivity index (χ0n) is 17.9. The average molecular weight is 462 g/mol. The lowest BCUT2D eigenvalue weighted by Gasteiger charge is -2.09. The number of nitrogens with one attached hydrogen (secondary N) is 3. The first kappa shape index (κ1) is 22.2. The van der Waals surface area contributed by atoms with Crippen molar-refractivity contribution in [3.05, 3.63) is 90.3 Å². The highest BCUT2D eigenvalue weighted by Crippen LogP contribution is 2.31. The van der Waals surface area contributed by atoms with Gasteiger partial charge in [-0.1, -0.05) is 42.5 Å². The molecule has 0 aliphatic heterocycles. The molecule has 8 nitrogen and oxygen atoms in total. The lowest BCUT2D eigenvalue weighted by atomic mass is 10.0. The quantitative estimate of drug-likeness (QED) is 0.371. The summed E-state index contributed by atoms with van der Waals surface area (Å²) in [6, 6.07) is 21.7. The second-order valence-corrected chi connectivity index (χ2v) is 9.21. The van der Waals surface area contributed by atoms with Gasteiger partial charge in [0.05, 0.1) is 23.3 Å². The van der Waals surface area contributed by atoms with Gasteiger partial charge in [0.1, 0.15) is 0 Å². The third-order valence-corrected chi connectivity index (χ3v) is 5.52. The molecule has 33 heavy (non-hydrogen) atoms. The van der Waals surface area contributed by atoms with Crippen molar-refractivity contribution >= 4 is 21.6 Å². The highest BCUT2D eigenvalue weighted by Gasteiger charge is 2.16. The van der Waals surface area contributed by atoms with Crippen LogP contribution in [0.15, 0.2) is 79.0 Å². The van der Waals surface area contributed by atoms with Crippen LogP contribution in [0.1, 0.15) is 16.1 Å². The van der Waals surface area contributed by atoms with E-state index in [1.54, 1.807) is 42.6 Å². The summed E-state index contributed by atoms with van der Waals surface area (Å²) < 4.78 is 26.0. The number of para-hydroxylation sites is 1. The van der Waals surface area contributed by atoms with Crippen molar-refractivity contribution in [1.29, 1.82) is 0 Å². The van der Waals surface area contributed by atoms with Gasteiger partial charge >= 0.3 is 0 Å². The van der Waals surface area contributed by atoms with Crippen LogP contribution in [0.2, 0.25) is 0 Å². The lowest BCUT2D eigenvalue weighted by molar-refractivity contribution is 0.0954. The number of carbonyl (C=O) groups excluding carboxylic acids is 1. The highest BCUT2D eigenvalue weighted by atomic mass is 32.2. The van der Waals surface area contributed by atoms with E-state index in [0.29, 0.717) is 46.7 Å². The first-order valence-corrected chi connectivity index (χ1v) is 12.2. The van der Waals surface area contributed by atoms with Crippen molar-refractivity contribution < 1.29 is 13.2 Å². The van der Waals surface area contributed by atoms with Crippen LogP contribution in [-0.4, -0.2) is 42.3 Å². The number of aromatic amines is 1. The minimum atomic E-state index is -3.44. The van der Waals surface area contributed by atoms with E-state index in [-0.39, 0.29) is 5.91 Å². The van der Waals surface area contributed by atoms with E-state index in [0.717, 1.165) is 11.9 Å². The van der Waals surface area contributed by atoms with Gasteiger partial charge in [-0.05, 0) is 30.3 Å². The number of nitrogens with zero attached hydrogens (tertiary/aromatic N) is 2. The fourth-order valence-corrected chi connectivity index (χ4v) is 4.03. The van der Waals surface area contributed by atoms with E-state index in [9.17, 15) is 13.2 Å². The SMILES string of the molecule is CS(=O)(=O)Nc1ccccc1-c1cc(-c2ccccc2C(=O)NCCc2ccccn2)n[nH]1. The maximum absolute atomic E-state index is 12.9. The zero-order chi connectivity index (χ0) is 23.3. The number of H-pyrrole nitrogens is 1. The highest BCUT2D eigenvalue weighted by molar-refractivity contribution is 7.92. The van der Waals surface area contributed by atoms with Gasteiger partial charge in [-0.2, -0.15) is 5.10 Å². The van der Waals surface area contributed by atoms with E-state index >= 15 is 0 Å². The van der Waals surface area contributed by atoms with Gasteiger partial charge in [0.2, 0.25) is 10.0 Å². The summed E-state index contributed by atoms with van der Waals surface area (Å²) in [5.74, 6) is -0.203. The standard InChI is InChI=1S/C24H23N5O3S/c1-33(31,32)29-21-12-5-4-11-20(21)23-16-22(27-28-23)18-9-2-3-10-19(18)24(30)26-15-13-17-8-6-7-14-25-17/h2-12,14,16,29H,13,15H2,1H3,(H,26,30)(H,27,28). The molecular weight excluding hydrogens is 438 g/mol. The summed E-state index contributed by atoms with van der Waals surface area (Å²) in [4.78, 5) is 17.1.